The molecule has 0 fully saturated rings. The smallest absolute Gasteiger partial charge is 0.338 e. The van der Waals surface area contributed by atoms with Crippen molar-refractivity contribution in [3.8, 4) is 17.2 Å². The standard InChI is InChI=1S/C30H34N2O8S/c1-6-39-30(34)21-7-11-23(12-8-21)40-19-26-25-18-28(38-5)27(37-4)17-22(25)15-16-32(26)29(33)20-9-13-24(14-10-20)41(35,36)31(2)3/h7-14,17-18,26H,6,15-16,19H2,1-5H3/t26-/m0/s1. The van der Waals surface area contributed by atoms with E-state index in [4.69, 9.17) is 18.9 Å². The Balaban J connectivity index is 1.65. The Morgan fingerprint density at radius 3 is 2.12 bits per heavy atom. The van der Waals surface area contributed by atoms with Crippen molar-refractivity contribution in [3.63, 3.8) is 0 Å². The Labute approximate surface area is 240 Å². The highest BCUT2D eigenvalue weighted by molar-refractivity contribution is 7.89. The fraction of sp³-hybridized carbons (Fsp3) is 0.333. The van der Waals surface area contributed by atoms with Crippen molar-refractivity contribution in [3.05, 3.63) is 82.9 Å². The Morgan fingerprint density at radius 1 is 0.927 bits per heavy atom. The summed E-state index contributed by atoms with van der Waals surface area (Å²) in [7, 11) is 2.41. The largest absolute Gasteiger partial charge is 0.493 e. The van der Waals surface area contributed by atoms with Crippen LogP contribution in [-0.4, -0.2) is 77.6 Å². The number of amides is 1. The van der Waals surface area contributed by atoms with E-state index in [1.54, 1.807) is 50.3 Å². The van der Waals surface area contributed by atoms with Gasteiger partial charge in [0.25, 0.3) is 5.91 Å². The number of ether oxygens (including phenoxy) is 4. The monoisotopic (exact) mass is 582 g/mol. The van der Waals surface area contributed by atoms with Crippen molar-refractivity contribution in [1.29, 1.82) is 0 Å². The third kappa shape index (κ3) is 6.31. The van der Waals surface area contributed by atoms with Gasteiger partial charge in [-0.15, -0.1) is 0 Å². The molecule has 0 aliphatic carbocycles. The van der Waals surface area contributed by atoms with E-state index in [-0.39, 0.29) is 24.0 Å². The number of methoxy groups -OCH3 is 2. The van der Waals surface area contributed by atoms with Crippen LogP contribution in [0.5, 0.6) is 17.2 Å². The van der Waals surface area contributed by atoms with Gasteiger partial charge in [-0.25, -0.2) is 17.5 Å². The van der Waals surface area contributed by atoms with E-state index in [9.17, 15) is 18.0 Å². The van der Waals surface area contributed by atoms with Gasteiger partial charge in [0, 0.05) is 26.2 Å². The second-order valence-electron chi connectivity index (χ2n) is 9.54. The lowest BCUT2D eigenvalue weighted by molar-refractivity contribution is 0.0524. The molecule has 1 atom stereocenters. The van der Waals surface area contributed by atoms with E-state index in [2.05, 4.69) is 0 Å². The highest BCUT2D eigenvalue weighted by Crippen LogP contribution is 2.39. The molecule has 1 aliphatic heterocycles. The summed E-state index contributed by atoms with van der Waals surface area (Å²) >= 11 is 0. The Bertz CT molecular complexity index is 1500. The molecule has 11 heteroatoms. The number of carbonyl (C=O) groups is 2. The van der Waals surface area contributed by atoms with Crippen LogP contribution in [0.3, 0.4) is 0 Å². The molecule has 0 bridgehead atoms. The van der Waals surface area contributed by atoms with Gasteiger partial charge < -0.3 is 23.8 Å². The first kappa shape index (κ1) is 29.9. The van der Waals surface area contributed by atoms with Gasteiger partial charge in [0.05, 0.1) is 37.3 Å². The Hall–Kier alpha value is -4.09. The Kier molecular flexibility index (Phi) is 9.19. The topological polar surface area (TPSA) is 112 Å². The third-order valence-electron chi connectivity index (χ3n) is 6.92. The normalized spacial score (nSPS) is 14.8. The van der Waals surface area contributed by atoms with E-state index in [0.29, 0.717) is 41.3 Å². The minimum absolute atomic E-state index is 0.103. The lowest BCUT2D eigenvalue weighted by Gasteiger charge is -2.37. The summed E-state index contributed by atoms with van der Waals surface area (Å²) in [4.78, 5) is 27.6. The number of hydrogen-bond donors (Lipinski definition) is 0. The molecule has 218 valence electrons. The number of carbonyl (C=O) groups excluding carboxylic acids is 2. The first-order chi connectivity index (χ1) is 19.6. The summed E-state index contributed by atoms with van der Waals surface area (Å²) in [6.45, 7) is 2.56. The second kappa shape index (κ2) is 12.6. The molecule has 4 rings (SSSR count). The fourth-order valence-electron chi connectivity index (χ4n) is 4.67. The van der Waals surface area contributed by atoms with E-state index in [1.807, 2.05) is 12.1 Å². The zero-order valence-electron chi connectivity index (χ0n) is 23.7. The Morgan fingerprint density at radius 2 is 1.54 bits per heavy atom. The van der Waals surface area contributed by atoms with Crippen molar-refractivity contribution < 1.29 is 37.0 Å². The molecule has 0 radical (unpaired) electrons. The number of hydrogen-bond acceptors (Lipinski definition) is 8. The number of nitrogens with zero attached hydrogens (tertiary/aromatic N) is 2. The molecule has 0 saturated heterocycles. The van der Waals surface area contributed by atoms with Crippen molar-refractivity contribution in [2.24, 2.45) is 0 Å². The van der Waals surface area contributed by atoms with Gasteiger partial charge in [-0.3, -0.25) is 4.79 Å². The maximum atomic E-state index is 13.8. The predicted octanol–water partition coefficient (Wildman–Crippen LogP) is 3.95. The van der Waals surface area contributed by atoms with Crippen molar-refractivity contribution in [2.75, 3.05) is 48.1 Å². The molecular formula is C30H34N2O8S. The molecule has 3 aromatic carbocycles. The van der Waals surface area contributed by atoms with E-state index in [1.165, 1.54) is 38.4 Å². The summed E-state index contributed by atoms with van der Waals surface area (Å²) < 4.78 is 48.3. The fourth-order valence-corrected chi connectivity index (χ4v) is 5.58. The number of benzene rings is 3. The first-order valence-corrected chi connectivity index (χ1v) is 14.5. The van der Waals surface area contributed by atoms with E-state index < -0.39 is 22.0 Å². The minimum Gasteiger partial charge on any atom is -0.493 e. The molecule has 1 heterocycles. The van der Waals surface area contributed by atoms with Gasteiger partial charge in [-0.2, -0.15) is 0 Å². The van der Waals surface area contributed by atoms with E-state index >= 15 is 0 Å². The van der Waals surface area contributed by atoms with Crippen LogP contribution in [0.4, 0.5) is 0 Å². The van der Waals surface area contributed by atoms with Crippen LogP contribution in [0.2, 0.25) is 0 Å². The summed E-state index contributed by atoms with van der Waals surface area (Å²) in [6.07, 6.45) is 0.583. The maximum absolute atomic E-state index is 13.8. The average Bonchev–Trinajstić information content (AvgIpc) is 2.99. The lowest BCUT2D eigenvalue weighted by Crippen LogP contribution is -2.42. The van der Waals surface area contributed by atoms with Crippen LogP contribution in [0.15, 0.2) is 65.6 Å². The van der Waals surface area contributed by atoms with Crippen LogP contribution in [0.1, 0.15) is 44.8 Å². The van der Waals surface area contributed by atoms with Crippen LogP contribution in [-0.2, 0) is 21.2 Å². The van der Waals surface area contributed by atoms with Crippen molar-refractivity contribution >= 4 is 21.9 Å². The first-order valence-electron chi connectivity index (χ1n) is 13.1. The van der Waals surface area contributed by atoms with Crippen LogP contribution in [0, 0.1) is 0 Å². The SMILES string of the molecule is CCOC(=O)c1ccc(OC[C@H]2c3cc(OC)c(OC)cc3CCN2C(=O)c2ccc(S(=O)(=O)N(C)C)cc2)cc1. The highest BCUT2D eigenvalue weighted by Gasteiger charge is 2.33. The molecule has 3 aromatic rings. The molecule has 0 unspecified atom stereocenters. The van der Waals surface area contributed by atoms with Gasteiger partial charge in [0.1, 0.15) is 12.4 Å². The summed E-state index contributed by atoms with van der Waals surface area (Å²) in [6, 6.07) is 15.8. The van der Waals surface area contributed by atoms with Crippen LogP contribution in [0.25, 0.3) is 0 Å². The summed E-state index contributed by atoms with van der Waals surface area (Å²) in [5.74, 6) is 0.977. The maximum Gasteiger partial charge on any atom is 0.338 e. The quantitative estimate of drug-likeness (QED) is 0.331. The molecule has 0 spiro atoms. The molecule has 1 aliphatic rings. The summed E-state index contributed by atoms with van der Waals surface area (Å²) in [5, 5.41) is 0. The number of sulfonamides is 1. The molecule has 0 aromatic heterocycles. The molecule has 1 amide bonds. The van der Waals surface area contributed by atoms with Crippen molar-refractivity contribution in [1.82, 2.24) is 9.21 Å². The zero-order chi connectivity index (χ0) is 29.7. The summed E-state index contributed by atoms with van der Waals surface area (Å²) in [5.41, 5.74) is 2.63. The van der Waals surface area contributed by atoms with Gasteiger partial charge in [-0.1, -0.05) is 0 Å². The molecule has 10 nitrogen and oxygen atoms in total. The van der Waals surface area contributed by atoms with Crippen molar-refractivity contribution in [2.45, 2.75) is 24.3 Å². The average molecular weight is 583 g/mol. The molecule has 0 saturated carbocycles. The molecule has 0 N–H and O–H groups in total. The zero-order valence-corrected chi connectivity index (χ0v) is 24.6. The highest BCUT2D eigenvalue weighted by atomic mass is 32.2. The minimum atomic E-state index is -3.63. The molecular weight excluding hydrogens is 548 g/mol. The number of rotatable bonds is 10. The predicted molar refractivity (Wildman–Crippen MR) is 152 cm³/mol. The molecule has 41 heavy (non-hydrogen) atoms. The van der Waals surface area contributed by atoms with E-state index in [0.717, 1.165) is 15.4 Å². The second-order valence-corrected chi connectivity index (χ2v) is 11.7. The number of fused-ring (bicyclic) bond motifs is 1. The van der Waals surface area contributed by atoms with Gasteiger partial charge >= 0.3 is 5.97 Å². The third-order valence-corrected chi connectivity index (χ3v) is 8.75. The van der Waals surface area contributed by atoms with Crippen LogP contribution >= 0.6 is 0 Å². The van der Waals surface area contributed by atoms with Gasteiger partial charge in [0.15, 0.2) is 11.5 Å². The van der Waals surface area contributed by atoms with Crippen LogP contribution < -0.4 is 14.2 Å². The van der Waals surface area contributed by atoms with Gasteiger partial charge in [0.2, 0.25) is 10.0 Å². The number of esters is 1. The van der Waals surface area contributed by atoms with Gasteiger partial charge in [-0.05, 0) is 85.1 Å². The lowest BCUT2D eigenvalue weighted by atomic mass is 9.91.